The molecule has 10 heteroatoms. The molecule has 0 bridgehead atoms. The molecule has 0 aromatic heterocycles. The van der Waals surface area contributed by atoms with Gasteiger partial charge in [0.1, 0.15) is 0 Å². The Hall–Kier alpha value is -0.190. The van der Waals surface area contributed by atoms with Crippen molar-refractivity contribution in [1.29, 1.82) is 0 Å². The zero-order chi connectivity index (χ0) is 14.1. The molecule has 1 unspecified atom stereocenters. The molecule has 1 atom stereocenters. The van der Waals surface area contributed by atoms with E-state index in [2.05, 4.69) is 0 Å². The van der Waals surface area contributed by atoms with Crippen LogP contribution in [0.15, 0.2) is 0 Å². The SMILES string of the molecule is CCOCC.O=C(O)CC(C(=O)O)S(=O)(=O)O.[H-].[Na+]. The van der Waals surface area contributed by atoms with Crippen molar-refractivity contribution in [1.82, 2.24) is 0 Å². The number of ether oxygens (including phenoxy) is 1. The quantitative estimate of drug-likeness (QED) is 0.347. The van der Waals surface area contributed by atoms with Gasteiger partial charge in [-0.1, -0.05) is 0 Å². The molecule has 0 saturated carbocycles. The second-order valence-corrected chi connectivity index (χ2v) is 4.32. The molecule has 0 aliphatic rings. The topological polar surface area (TPSA) is 138 Å². The van der Waals surface area contributed by atoms with Crippen molar-refractivity contribution in [2.24, 2.45) is 0 Å². The Kier molecular flexibility index (Phi) is 15.1. The van der Waals surface area contributed by atoms with E-state index in [0.29, 0.717) is 0 Å². The van der Waals surface area contributed by atoms with Gasteiger partial charge in [0, 0.05) is 13.2 Å². The summed E-state index contributed by atoms with van der Waals surface area (Å²) >= 11 is 0. The van der Waals surface area contributed by atoms with Gasteiger partial charge < -0.3 is 16.4 Å². The number of aliphatic carboxylic acids is 2. The maximum Gasteiger partial charge on any atom is 1.00 e. The second kappa shape index (κ2) is 11.9. The Bertz CT molecular complexity index is 343. The minimum Gasteiger partial charge on any atom is -1.00 e. The number of rotatable bonds is 6. The van der Waals surface area contributed by atoms with Crippen LogP contribution in [0.2, 0.25) is 0 Å². The molecular weight excluding hydrogens is 279 g/mol. The fourth-order valence-corrected chi connectivity index (χ4v) is 1.29. The number of carbonyl (C=O) groups is 2. The first-order valence-corrected chi connectivity index (χ1v) is 6.15. The van der Waals surface area contributed by atoms with Crippen molar-refractivity contribution in [3.8, 4) is 0 Å². The van der Waals surface area contributed by atoms with E-state index in [1.54, 1.807) is 0 Å². The number of carboxylic acids is 2. The first-order chi connectivity index (χ1) is 7.66. The predicted octanol–water partition coefficient (Wildman–Crippen LogP) is -3.04. The van der Waals surface area contributed by atoms with Gasteiger partial charge in [0.05, 0.1) is 6.42 Å². The van der Waals surface area contributed by atoms with Gasteiger partial charge in [-0.2, -0.15) is 8.42 Å². The van der Waals surface area contributed by atoms with Crippen LogP contribution in [0.3, 0.4) is 0 Å². The van der Waals surface area contributed by atoms with Gasteiger partial charge in [0.25, 0.3) is 10.1 Å². The Morgan fingerprint density at radius 1 is 1.22 bits per heavy atom. The summed E-state index contributed by atoms with van der Waals surface area (Å²) in [5.74, 6) is -3.50. The minimum atomic E-state index is -4.84. The molecule has 3 N–H and O–H groups in total. The first-order valence-electron chi connectivity index (χ1n) is 4.65. The summed E-state index contributed by atoms with van der Waals surface area (Å²) in [5, 5.41) is 13.9. The predicted molar refractivity (Wildman–Crippen MR) is 58.5 cm³/mol. The van der Waals surface area contributed by atoms with Gasteiger partial charge in [0.2, 0.25) is 0 Å². The van der Waals surface area contributed by atoms with Gasteiger partial charge in [0.15, 0.2) is 5.25 Å². The van der Waals surface area contributed by atoms with Crippen LogP contribution in [0.5, 0.6) is 0 Å². The maximum atomic E-state index is 10.2. The molecule has 18 heavy (non-hydrogen) atoms. The van der Waals surface area contributed by atoms with E-state index in [0.717, 1.165) is 13.2 Å². The van der Waals surface area contributed by atoms with E-state index < -0.39 is 33.7 Å². The molecule has 0 aliphatic heterocycles. The van der Waals surface area contributed by atoms with Crippen LogP contribution < -0.4 is 29.6 Å². The van der Waals surface area contributed by atoms with Gasteiger partial charge in [-0.25, -0.2) is 0 Å². The molecule has 0 aromatic carbocycles. The van der Waals surface area contributed by atoms with Crippen LogP contribution in [0, 0.1) is 0 Å². The van der Waals surface area contributed by atoms with Crippen LogP contribution in [-0.4, -0.2) is 53.6 Å². The summed E-state index contributed by atoms with van der Waals surface area (Å²) in [6, 6.07) is 0. The molecule has 8 nitrogen and oxygen atoms in total. The fourth-order valence-electron chi connectivity index (χ4n) is 0.683. The monoisotopic (exact) mass is 296 g/mol. The Morgan fingerprint density at radius 3 is 1.67 bits per heavy atom. The van der Waals surface area contributed by atoms with Crippen LogP contribution in [0.4, 0.5) is 0 Å². The first kappa shape index (κ1) is 22.9. The number of hydrogen-bond donors (Lipinski definition) is 3. The third-order valence-corrected chi connectivity index (χ3v) is 2.49. The molecule has 0 fully saturated rings. The van der Waals surface area contributed by atoms with Crippen LogP contribution in [-0.2, 0) is 24.4 Å². The smallest absolute Gasteiger partial charge is 1.00 e. The van der Waals surface area contributed by atoms with Gasteiger partial charge in [-0.15, -0.1) is 0 Å². The minimum absolute atomic E-state index is 0. The van der Waals surface area contributed by atoms with Crippen molar-refractivity contribution >= 4 is 22.1 Å². The standard InChI is InChI=1S/C4H6O7S.C4H10O.Na.H/c5-3(6)1-2(4(7)8)12(9,10)11;1-3-5-4-2;;/h2H,1H2,(H,5,6)(H,7,8)(H,9,10,11);3-4H2,1-2H3;;/q;;+1;-1. The summed E-state index contributed by atoms with van der Waals surface area (Å²) < 4.78 is 33.5. The summed E-state index contributed by atoms with van der Waals surface area (Å²) in [5.41, 5.74) is 0. The summed E-state index contributed by atoms with van der Waals surface area (Å²) in [6.45, 7) is 5.67. The summed E-state index contributed by atoms with van der Waals surface area (Å²) in [7, 11) is -4.84. The number of carboxylic acid groups (broad SMARTS) is 2. The third-order valence-electron chi connectivity index (χ3n) is 1.40. The van der Waals surface area contributed by atoms with Crippen molar-refractivity contribution in [2.45, 2.75) is 25.5 Å². The average molecular weight is 296 g/mol. The van der Waals surface area contributed by atoms with Gasteiger partial charge >= 0.3 is 41.5 Å². The second-order valence-electron chi connectivity index (χ2n) is 2.72. The summed E-state index contributed by atoms with van der Waals surface area (Å²) in [6.07, 6.45) is -1.16. The molecule has 104 valence electrons. The van der Waals surface area contributed by atoms with Crippen LogP contribution in [0.1, 0.15) is 21.7 Å². The van der Waals surface area contributed by atoms with E-state index in [1.165, 1.54) is 0 Å². The molecule has 0 aromatic rings. The normalized spacial score (nSPS) is 11.5. The van der Waals surface area contributed by atoms with E-state index in [4.69, 9.17) is 19.5 Å². The molecule has 0 aliphatic carbocycles. The largest absolute Gasteiger partial charge is 1.00 e. The van der Waals surface area contributed by atoms with E-state index in [9.17, 15) is 18.0 Å². The molecule has 0 amide bonds. The van der Waals surface area contributed by atoms with Crippen molar-refractivity contribution in [2.75, 3.05) is 13.2 Å². The average Bonchev–Trinajstić information content (AvgIpc) is 2.14. The third kappa shape index (κ3) is 13.9. The Labute approximate surface area is 129 Å². The molecular formula is C8H17NaO8S. The van der Waals surface area contributed by atoms with Crippen molar-refractivity contribution in [3.05, 3.63) is 0 Å². The number of hydrogen-bond acceptors (Lipinski definition) is 5. The molecule has 0 spiro atoms. The van der Waals surface area contributed by atoms with Crippen molar-refractivity contribution < 1.29 is 68.5 Å². The molecule has 0 rings (SSSR count). The Balaban J connectivity index is -0.000000139. The van der Waals surface area contributed by atoms with E-state index in [-0.39, 0.29) is 31.0 Å². The molecule has 0 saturated heterocycles. The zero-order valence-electron chi connectivity index (χ0n) is 11.5. The molecule has 0 radical (unpaired) electrons. The van der Waals surface area contributed by atoms with Crippen molar-refractivity contribution in [3.63, 3.8) is 0 Å². The zero-order valence-corrected chi connectivity index (χ0v) is 13.3. The van der Waals surface area contributed by atoms with Crippen LogP contribution in [0.25, 0.3) is 0 Å². The van der Waals surface area contributed by atoms with Crippen LogP contribution >= 0.6 is 0 Å². The van der Waals surface area contributed by atoms with Gasteiger partial charge in [-0.05, 0) is 13.8 Å². The summed E-state index contributed by atoms with van der Waals surface area (Å²) in [4.78, 5) is 20.0. The Morgan fingerprint density at radius 2 is 1.61 bits per heavy atom. The van der Waals surface area contributed by atoms with E-state index >= 15 is 0 Å². The molecule has 0 heterocycles. The van der Waals surface area contributed by atoms with Gasteiger partial charge in [-0.3, -0.25) is 14.1 Å². The fraction of sp³-hybridized carbons (Fsp3) is 0.750. The maximum absolute atomic E-state index is 10.2. The van der Waals surface area contributed by atoms with E-state index in [1.807, 2.05) is 13.8 Å².